The molecule has 3 aromatic rings. The number of aliphatic imine (C=N–C) groups is 1. The van der Waals surface area contributed by atoms with Crippen LogP contribution in [-0.4, -0.2) is 24.5 Å². The zero-order valence-corrected chi connectivity index (χ0v) is 17.8. The van der Waals surface area contributed by atoms with E-state index in [-0.39, 0.29) is 24.0 Å². The van der Waals surface area contributed by atoms with Crippen molar-refractivity contribution in [3.63, 3.8) is 0 Å². The number of para-hydroxylation sites is 1. The van der Waals surface area contributed by atoms with Crippen LogP contribution < -0.4 is 10.6 Å². The fourth-order valence-electron chi connectivity index (χ4n) is 2.79. The van der Waals surface area contributed by atoms with Gasteiger partial charge >= 0.3 is 0 Å². The van der Waals surface area contributed by atoms with Gasteiger partial charge in [0.25, 0.3) is 0 Å². The van der Waals surface area contributed by atoms with Crippen LogP contribution in [0.2, 0.25) is 0 Å². The number of nitrogens with zero attached hydrogens (tertiary/aromatic N) is 1. The molecule has 2 aromatic heterocycles. The Balaban J connectivity index is 0.00000225. The number of hydrogen-bond acceptors (Lipinski definition) is 2. The summed E-state index contributed by atoms with van der Waals surface area (Å²) in [5, 5.41) is 10.2. The van der Waals surface area contributed by atoms with E-state index >= 15 is 0 Å². The number of halogens is 1. The quantitative estimate of drug-likeness (QED) is 0.217. The van der Waals surface area contributed by atoms with E-state index in [9.17, 15) is 0 Å². The Morgan fingerprint density at radius 1 is 1.20 bits per heavy atom. The van der Waals surface area contributed by atoms with Crippen molar-refractivity contribution in [1.82, 2.24) is 15.6 Å². The molecule has 0 aliphatic heterocycles. The summed E-state index contributed by atoms with van der Waals surface area (Å²) in [4.78, 5) is 8.99. The van der Waals surface area contributed by atoms with Crippen LogP contribution in [0.25, 0.3) is 10.9 Å². The van der Waals surface area contributed by atoms with Crippen molar-refractivity contribution >= 4 is 52.2 Å². The fourth-order valence-corrected chi connectivity index (χ4v) is 3.64. The molecule has 0 atom stereocenters. The molecule has 0 unspecified atom stereocenters. The van der Waals surface area contributed by atoms with E-state index in [0.29, 0.717) is 0 Å². The minimum Gasteiger partial charge on any atom is -0.361 e. The summed E-state index contributed by atoms with van der Waals surface area (Å²) in [5.74, 6) is 0.863. The molecule has 0 aliphatic carbocycles. The van der Waals surface area contributed by atoms with E-state index in [4.69, 9.17) is 0 Å². The zero-order chi connectivity index (χ0) is 16.8. The molecule has 6 heteroatoms. The minimum absolute atomic E-state index is 0. The normalized spacial score (nSPS) is 11.4. The van der Waals surface area contributed by atoms with Crippen LogP contribution in [0.15, 0.2) is 46.9 Å². The number of rotatable bonds is 6. The highest BCUT2D eigenvalue weighted by Crippen LogP contribution is 2.18. The number of fused-ring (bicyclic) bond motifs is 1. The van der Waals surface area contributed by atoms with Crippen LogP contribution in [0.3, 0.4) is 0 Å². The molecule has 2 heterocycles. The van der Waals surface area contributed by atoms with E-state index in [2.05, 4.69) is 69.4 Å². The van der Waals surface area contributed by atoms with Crippen LogP contribution in [0.4, 0.5) is 0 Å². The molecule has 25 heavy (non-hydrogen) atoms. The second-order valence-electron chi connectivity index (χ2n) is 5.84. The van der Waals surface area contributed by atoms with Gasteiger partial charge in [0.05, 0.1) is 6.54 Å². The maximum Gasteiger partial charge on any atom is 0.191 e. The first-order valence-corrected chi connectivity index (χ1v) is 9.18. The SMILES string of the molecule is CN=C(NCCCc1c[nH]c2ccccc12)NCc1sccc1C.I. The topological polar surface area (TPSA) is 52.2 Å². The van der Waals surface area contributed by atoms with E-state index in [1.54, 1.807) is 11.3 Å². The van der Waals surface area contributed by atoms with Crippen molar-refractivity contribution in [2.75, 3.05) is 13.6 Å². The summed E-state index contributed by atoms with van der Waals surface area (Å²) in [6, 6.07) is 10.6. The third-order valence-electron chi connectivity index (χ3n) is 4.20. The largest absolute Gasteiger partial charge is 0.361 e. The first-order chi connectivity index (χ1) is 11.8. The van der Waals surface area contributed by atoms with Gasteiger partial charge in [0.1, 0.15) is 0 Å². The molecule has 0 bridgehead atoms. The lowest BCUT2D eigenvalue weighted by molar-refractivity contribution is 0.745. The predicted octanol–water partition coefficient (Wildman–Crippen LogP) is 4.45. The van der Waals surface area contributed by atoms with Gasteiger partial charge in [0.2, 0.25) is 0 Å². The van der Waals surface area contributed by atoms with Gasteiger partial charge in [-0.05, 0) is 48.4 Å². The number of aromatic amines is 1. The number of aromatic nitrogens is 1. The molecule has 0 fully saturated rings. The van der Waals surface area contributed by atoms with Gasteiger partial charge in [0.15, 0.2) is 5.96 Å². The summed E-state index contributed by atoms with van der Waals surface area (Å²) < 4.78 is 0. The Morgan fingerprint density at radius 3 is 2.80 bits per heavy atom. The first-order valence-electron chi connectivity index (χ1n) is 8.30. The third kappa shape index (κ3) is 5.22. The molecule has 1 aromatic carbocycles. The number of nitrogens with one attached hydrogen (secondary N) is 3. The molecule has 4 nitrogen and oxygen atoms in total. The Bertz CT molecular complexity index is 822. The van der Waals surface area contributed by atoms with Crippen LogP contribution in [0, 0.1) is 6.92 Å². The molecule has 134 valence electrons. The second-order valence-corrected chi connectivity index (χ2v) is 6.84. The van der Waals surface area contributed by atoms with Gasteiger partial charge in [-0.2, -0.15) is 0 Å². The Labute approximate surface area is 170 Å². The highest BCUT2D eigenvalue weighted by molar-refractivity contribution is 14.0. The van der Waals surface area contributed by atoms with Crippen molar-refractivity contribution in [2.24, 2.45) is 4.99 Å². The standard InChI is InChI=1S/C19H24N4S.HI/c1-14-9-11-24-18(14)13-23-19(20-2)21-10-5-6-15-12-22-17-8-4-3-7-16(15)17;/h3-4,7-9,11-12,22H,5-6,10,13H2,1-2H3,(H2,20,21,23);1H. The van der Waals surface area contributed by atoms with Gasteiger partial charge < -0.3 is 15.6 Å². The number of aryl methyl sites for hydroxylation is 2. The molecule has 0 amide bonds. The van der Waals surface area contributed by atoms with Crippen molar-refractivity contribution in [3.05, 3.63) is 57.9 Å². The zero-order valence-electron chi connectivity index (χ0n) is 14.6. The molecule has 0 saturated heterocycles. The Kier molecular flexibility index (Phi) is 7.77. The molecule has 3 rings (SSSR count). The summed E-state index contributed by atoms with van der Waals surface area (Å²) in [5.41, 5.74) is 3.93. The van der Waals surface area contributed by atoms with Crippen molar-refractivity contribution in [1.29, 1.82) is 0 Å². The number of guanidine groups is 1. The summed E-state index contributed by atoms with van der Waals surface area (Å²) in [6.45, 7) is 3.87. The summed E-state index contributed by atoms with van der Waals surface area (Å²) in [6.07, 6.45) is 4.25. The summed E-state index contributed by atoms with van der Waals surface area (Å²) >= 11 is 1.78. The molecule has 0 spiro atoms. The van der Waals surface area contributed by atoms with E-state index in [1.807, 2.05) is 7.05 Å². The molecular formula is C19H25IN4S. The fraction of sp³-hybridized carbons (Fsp3) is 0.316. The molecule has 0 aliphatic rings. The lowest BCUT2D eigenvalue weighted by Gasteiger charge is -2.11. The maximum atomic E-state index is 4.29. The number of H-pyrrole nitrogens is 1. The number of thiophene rings is 1. The average Bonchev–Trinajstić information content (AvgIpc) is 3.21. The second kappa shape index (κ2) is 9.82. The molecule has 3 N–H and O–H groups in total. The maximum absolute atomic E-state index is 4.29. The molecular weight excluding hydrogens is 443 g/mol. The average molecular weight is 468 g/mol. The number of benzene rings is 1. The lowest BCUT2D eigenvalue weighted by atomic mass is 10.1. The van der Waals surface area contributed by atoms with Crippen molar-refractivity contribution in [2.45, 2.75) is 26.3 Å². The summed E-state index contributed by atoms with van der Waals surface area (Å²) in [7, 11) is 1.82. The van der Waals surface area contributed by atoms with Crippen LogP contribution in [-0.2, 0) is 13.0 Å². The van der Waals surface area contributed by atoms with Crippen molar-refractivity contribution < 1.29 is 0 Å². The van der Waals surface area contributed by atoms with Crippen LogP contribution in [0.1, 0.15) is 22.4 Å². The monoisotopic (exact) mass is 468 g/mol. The van der Waals surface area contributed by atoms with E-state index in [1.165, 1.54) is 26.9 Å². The minimum atomic E-state index is 0. The van der Waals surface area contributed by atoms with Crippen LogP contribution in [0.5, 0.6) is 0 Å². The highest BCUT2D eigenvalue weighted by atomic mass is 127. The smallest absolute Gasteiger partial charge is 0.191 e. The third-order valence-corrected chi connectivity index (χ3v) is 5.22. The van der Waals surface area contributed by atoms with Crippen molar-refractivity contribution in [3.8, 4) is 0 Å². The predicted molar refractivity (Wildman–Crippen MR) is 119 cm³/mol. The lowest BCUT2D eigenvalue weighted by Crippen LogP contribution is -2.37. The van der Waals surface area contributed by atoms with Gasteiger partial charge in [-0.15, -0.1) is 35.3 Å². The van der Waals surface area contributed by atoms with Gasteiger partial charge in [-0.3, -0.25) is 4.99 Å². The van der Waals surface area contributed by atoms with Gasteiger partial charge in [-0.25, -0.2) is 0 Å². The Morgan fingerprint density at radius 2 is 2.04 bits per heavy atom. The Hall–Kier alpha value is -1.54. The van der Waals surface area contributed by atoms with Gasteiger partial charge in [0, 0.05) is 35.6 Å². The molecule has 0 radical (unpaired) electrons. The van der Waals surface area contributed by atoms with Gasteiger partial charge in [-0.1, -0.05) is 18.2 Å². The van der Waals surface area contributed by atoms with E-state index < -0.39 is 0 Å². The number of hydrogen-bond donors (Lipinski definition) is 3. The van der Waals surface area contributed by atoms with Crippen LogP contribution >= 0.6 is 35.3 Å². The van der Waals surface area contributed by atoms with E-state index in [0.717, 1.165) is 31.9 Å². The first kappa shape index (κ1) is 19.8. The molecule has 0 saturated carbocycles. The highest BCUT2D eigenvalue weighted by Gasteiger charge is 2.04.